The van der Waals surface area contributed by atoms with Crippen LogP contribution in [0.4, 0.5) is 5.82 Å². The lowest BCUT2D eigenvalue weighted by Gasteiger charge is -2.14. The Bertz CT molecular complexity index is 436. The highest BCUT2D eigenvalue weighted by atomic mass is 32.2. The maximum absolute atomic E-state index is 11.6. The van der Waals surface area contributed by atoms with Crippen LogP contribution in [0.2, 0.25) is 0 Å². The van der Waals surface area contributed by atoms with Gasteiger partial charge < -0.3 is 5.73 Å². The van der Waals surface area contributed by atoms with Gasteiger partial charge in [0.1, 0.15) is 5.82 Å². The van der Waals surface area contributed by atoms with Gasteiger partial charge in [0.2, 0.25) is 0 Å². The topological polar surface area (TPSA) is 93.2 Å². The van der Waals surface area contributed by atoms with Crippen molar-refractivity contribution in [3.05, 3.63) is 11.8 Å². The number of hydrogen-bond acceptors (Lipinski definition) is 4. The van der Waals surface area contributed by atoms with Crippen molar-refractivity contribution < 1.29 is 8.42 Å². The fourth-order valence-corrected chi connectivity index (χ4v) is 1.67. The molecule has 0 aromatic carbocycles. The molecule has 0 radical (unpaired) electrons. The molecule has 0 bridgehead atoms. The predicted molar refractivity (Wildman–Crippen MR) is 57.3 cm³/mol. The van der Waals surface area contributed by atoms with Crippen molar-refractivity contribution in [2.24, 2.45) is 12.8 Å². The van der Waals surface area contributed by atoms with Crippen molar-refractivity contribution in [1.29, 1.82) is 0 Å². The van der Waals surface area contributed by atoms with Gasteiger partial charge >= 0.3 is 10.2 Å². The molecule has 0 spiro atoms. The van der Waals surface area contributed by atoms with Crippen molar-refractivity contribution in [3.8, 4) is 0 Å². The van der Waals surface area contributed by atoms with Crippen LogP contribution in [0.3, 0.4) is 0 Å². The summed E-state index contributed by atoms with van der Waals surface area (Å²) in [6, 6.07) is 0. The summed E-state index contributed by atoms with van der Waals surface area (Å²) in [6.07, 6.45) is 1.54. The fraction of sp³-hybridized carbons (Fsp3) is 0.571. The van der Waals surface area contributed by atoms with E-state index in [0.29, 0.717) is 11.4 Å². The Labute approximate surface area is 89.0 Å². The van der Waals surface area contributed by atoms with Gasteiger partial charge in [0, 0.05) is 33.3 Å². The molecule has 0 atom stereocenters. The van der Waals surface area contributed by atoms with Crippen LogP contribution in [-0.4, -0.2) is 36.6 Å². The molecule has 0 saturated carbocycles. The molecule has 0 amide bonds. The van der Waals surface area contributed by atoms with Gasteiger partial charge in [-0.3, -0.25) is 9.40 Å². The number of aromatic nitrogens is 2. The van der Waals surface area contributed by atoms with Crippen LogP contribution >= 0.6 is 0 Å². The van der Waals surface area contributed by atoms with Crippen LogP contribution in [0.15, 0.2) is 6.20 Å². The highest BCUT2D eigenvalue weighted by Gasteiger charge is 2.17. The maximum atomic E-state index is 11.6. The molecule has 0 saturated heterocycles. The highest BCUT2D eigenvalue weighted by Crippen LogP contribution is 2.15. The Morgan fingerprint density at radius 3 is 2.67 bits per heavy atom. The molecule has 1 aromatic heterocycles. The first kappa shape index (κ1) is 12.0. The van der Waals surface area contributed by atoms with Crippen molar-refractivity contribution >= 4 is 16.0 Å². The predicted octanol–water partition coefficient (Wildman–Crippen LogP) is -0.903. The van der Waals surface area contributed by atoms with Gasteiger partial charge in [-0.15, -0.1) is 0 Å². The molecular weight excluding hydrogens is 218 g/mol. The number of nitrogens with one attached hydrogen (secondary N) is 1. The SMILES string of the molecule is CN(C)S(=O)(=O)Nc1c(CN)cnn1C. The van der Waals surface area contributed by atoms with Gasteiger partial charge in [-0.2, -0.15) is 17.8 Å². The van der Waals surface area contributed by atoms with Crippen molar-refractivity contribution in [1.82, 2.24) is 14.1 Å². The summed E-state index contributed by atoms with van der Waals surface area (Å²) < 4.78 is 28.0. The number of nitrogens with zero attached hydrogens (tertiary/aromatic N) is 3. The van der Waals surface area contributed by atoms with E-state index >= 15 is 0 Å². The van der Waals surface area contributed by atoms with Crippen LogP contribution in [-0.2, 0) is 23.8 Å². The molecule has 86 valence electrons. The van der Waals surface area contributed by atoms with E-state index in [2.05, 4.69) is 9.82 Å². The van der Waals surface area contributed by atoms with Gasteiger partial charge in [0.05, 0.1) is 6.20 Å². The molecule has 0 unspecified atom stereocenters. The smallest absolute Gasteiger partial charge is 0.302 e. The van der Waals surface area contributed by atoms with E-state index in [9.17, 15) is 8.42 Å². The van der Waals surface area contributed by atoms with Crippen LogP contribution < -0.4 is 10.5 Å². The minimum Gasteiger partial charge on any atom is -0.326 e. The first-order valence-electron chi connectivity index (χ1n) is 4.29. The van der Waals surface area contributed by atoms with E-state index in [1.54, 1.807) is 7.05 Å². The molecule has 0 aliphatic heterocycles. The van der Waals surface area contributed by atoms with E-state index in [4.69, 9.17) is 5.73 Å². The van der Waals surface area contributed by atoms with E-state index in [1.165, 1.54) is 25.0 Å². The minimum absolute atomic E-state index is 0.235. The lowest BCUT2D eigenvalue weighted by atomic mass is 10.3. The molecule has 0 fully saturated rings. The number of rotatable bonds is 4. The second kappa shape index (κ2) is 4.17. The molecule has 8 heteroatoms. The van der Waals surface area contributed by atoms with E-state index in [1.807, 2.05) is 0 Å². The van der Waals surface area contributed by atoms with Gasteiger partial charge in [0.25, 0.3) is 0 Å². The van der Waals surface area contributed by atoms with Crippen LogP contribution in [0.5, 0.6) is 0 Å². The molecule has 3 N–H and O–H groups in total. The number of anilines is 1. The number of aryl methyl sites for hydroxylation is 1. The Kier molecular flexibility index (Phi) is 3.32. The van der Waals surface area contributed by atoms with Gasteiger partial charge in [-0.25, -0.2) is 0 Å². The zero-order valence-electron chi connectivity index (χ0n) is 8.93. The molecular formula is C7H15N5O2S. The zero-order valence-corrected chi connectivity index (χ0v) is 9.74. The summed E-state index contributed by atoms with van der Waals surface area (Å²) in [5.74, 6) is 0.395. The Hall–Kier alpha value is -1.12. The minimum atomic E-state index is -3.51. The Morgan fingerprint density at radius 2 is 2.20 bits per heavy atom. The Balaban J connectivity index is 3.04. The lowest BCUT2D eigenvalue weighted by molar-refractivity contribution is 0.526. The second-order valence-corrected chi connectivity index (χ2v) is 5.12. The second-order valence-electron chi connectivity index (χ2n) is 3.24. The molecule has 0 aliphatic rings. The van der Waals surface area contributed by atoms with Gasteiger partial charge in [-0.1, -0.05) is 0 Å². The van der Waals surface area contributed by atoms with Crippen molar-refractivity contribution in [2.45, 2.75) is 6.54 Å². The first-order valence-corrected chi connectivity index (χ1v) is 5.73. The Morgan fingerprint density at radius 1 is 1.60 bits per heavy atom. The average molecular weight is 233 g/mol. The van der Waals surface area contributed by atoms with Crippen LogP contribution in [0, 0.1) is 0 Å². The number of nitrogens with two attached hydrogens (primary N) is 1. The monoisotopic (exact) mass is 233 g/mol. The van der Waals surface area contributed by atoms with E-state index < -0.39 is 10.2 Å². The maximum Gasteiger partial charge on any atom is 0.302 e. The fourth-order valence-electron chi connectivity index (χ4n) is 0.977. The van der Waals surface area contributed by atoms with Crippen molar-refractivity contribution in [3.63, 3.8) is 0 Å². The van der Waals surface area contributed by atoms with Gasteiger partial charge in [0.15, 0.2) is 0 Å². The van der Waals surface area contributed by atoms with E-state index in [-0.39, 0.29) is 6.54 Å². The standard InChI is InChI=1S/C7H15N5O2S/c1-11(2)15(13,14)10-7-6(4-8)5-9-12(7)3/h5,10H,4,8H2,1-3H3. The molecule has 0 aliphatic carbocycles. The first-order chi connectivity index (χ1) is 6.88. The summed E-state index contributed by atoms with van der Waals surface area (Å²) in [4.78, 5) is 0. The third-order valence-corrected chi connectivity index (χ3v) is 3.35. The van der Waals surface area contributed by atoms with Crippen molar-refractivity contribution in [2.75, 3.05) is 18.8 Å². The summed E-state index contributed by atoms with van der Waals surface area (Å²) in [5, 5.41) is 3.92. The average Bonchev–Trinajstić information content (AvgIpc) is 2.47. The molecule has 1 rings (SSSR count). The zero-order chi connectivity index (χ0) is 11.6. The third kappa shape index (κ3) is 2.46. The number of hydrogen-bond donors (Lipinski definition) is 2. The molecule has 15 heavy (non-hydrogen) atoms. The normalized spacial score (nSPS) is 12.1. The van der Waals surface area contributed by atoms with Crippen LogP contribution in [0.25, 0.3) is 0 Å². The summed E-state index contributed by atoms with van der Waals surface area (Å²) in [5.41, 5.74) is 6.11. The summed E-state index contributed by atoms with van der Waals surface area (Å²) in [6.45, 7) is 0.235. The van der Waals surface area contributed by atoms with E-state index in [0.717, 1.165) is 4.31 Å². The summed E-state index contributed by atoms with van der Waals surface area (Å²) in [7, 11) is 1.03. The van der Waals surface area contributed by atoms with Crippen LogP contribution in [0.1, 0.15) is 5.56 Å². The summed E-state index contributed by atoms with van der Waals surface area (Å²) >= 11 is 0. The third-order valence-electron chi connectivity index (χ3n) is 1.94. The molecule has 1 aromatic rings. The lowest BCUT2D eigenvalue weighted by Crippen LogP contribution is -2.30. The largest absolute Gasteiger partial charge is 0.326 e. The molecule has 7 nitrogen and oxygen atoms in total. The highest BCUT2D eigenvalue weighted by molar-refractivity contribution is 7.90. The van der Waals surface area contributed by atoms with Gasteiger partial charge in [-0.05, 0) is 0 Å². The molecule has 1 heterocycles. The quantitative estimate of drug-likeness (QED) is 0.704.